The summed E-state index contributed by atoms with van der Waals surface area (Å²) in [4.78, 5) is 10.7. The van der Waals surface area contributed by atoms with Crippen LogP contribution in [0.15, 0.2) is 18.2 Å². The number of hydrogen-bond acceptors (Lipinski definition) is 2. The molecule has 1 N–H and O–H groups in total. The van der Waals surface area contributed by atoms with Gasteiger partial charge in [-0.15, -0.1) is 0 Å². The van der Waals surface area contributed by atoms with Crippen molar-refractivity contribution in [2.45, 2.75) is 25.9 Å². The lowest BCUT2D eigenvalue weighted by Crippen LogP contribution is -2.30. The zero-order valence-electron chi connectivity index (χ0n) is 7.99. The number of carbonyl (C=O) groups is 1. The van der Waals surface area contributed by atoms with Crippen LogP contribution in [0.4, 0.5) is 0 Å². The molecule has 1 unspecified atom stereocenters. The average molecular weight is 192 g/mol. The molecule has 0 fully saturated rings. The van der Waals surface area contributed by atoms with E-state index in [1.165, 1.54) is 5.56 Å². The van der Waals surface area contributed by atoms with Gasteiger partial charge < -0.3 is 9.84 Å². The molecule has 74 valence electrons. The van der Waals surface area contributed by atoms with E-state index in [0.717, 1.165) is 12.0 Å². The summed E-state index contributed by atoms with van der Waals surface area (Å²) in [7, 11) is 0. The number of rotatable bonds is 1. The maximum atomic E-state index is 10.7. The molecule has 1 aromatic rings. The van der Waals surface area contributed by atoms with Gasteiger partial charge in [-0.3, -0.25) is 0 Å². The predicted octanol–water partition coefficient (Wildman–Crippen LogP) is 1.77. The number of hydrogen-bond donors (Lipinski definition) is 1. The van der Waals surface area contributed by atoms with Crippen molar-refractivity contribution in [2.24, 2.45) is 0 Å². The third-order valence-corrected chi connectivity index (χ3v) is 2.44. The molecule has 0 aromatic heterocycles. The molecular formula is C11H12O3. The minimum atomic E-state index is -0.878. The minimum Gasteiger partial charge on any atom is -0.479 e. The van der Waals surface area contributed by atoms with E-state index in [-0.39, 0.29) is 0 Å². The molecule has 1 atom stereocenters. The van der Waals surface area contributed by atoms with Gasteiger partial charge in [-0.1, -0.05) is 17.7 Å². The van der Waals surface area contributed by atoms with Crippen LogP contribution in [0.25, 0.3) is 0 Å². The molecule has 1 aromatic carbocycles. The van der Waals surface area contributed by atoms with Gasteiger partial charge in [0.2, 0.25) is 0 Å². The van der Waals surface area contributed by atoms with Crippen molar-refractivity contribution < 1.29 is 14.6 Å². The second-order valence-corrected chi connectivity index (χ2v) is 3.59. The van der Waals surface area contributed by atoms with Crippen LogP contribution in [0.5, 0.6) is 5.75 Å². The van der Waals surface area contributed by atoms with Crippen molar-refractivity contribution in [2.75, 3.05) is 0 Å². The Balaban J connectivity index is 2.27. The first kappa shape index (κ1) is 9.06. The molecule has 0 saturated heterocycles. The topological polar surface area (TPSA) is 46.5 Å². The lowest BCUT2D eigenvalue weighted by atomic mass is 10.0. The summed E-state index contributed by atoms with van der Waals surface area (Å²) < 4.78 is 5.35. The van der Waals surface area contributed by atoms with Gasteiger partial charge in [0, 0.05) is 0 Å². The zero-order valence-corrected chi connectivity index (χ0v) is 7.99. The number of benzene rings is 1. The van der Waals surface area contributed by atoms with Crippen molar-refractivity contribution >= 4 is 5.97 Å². The normalized spacial score (nSPS) is 19.6. The van der Waals surface area contributed by atoms with E-state index in [1.807, 2.05) is 25.1 Å². The average Bonchev–Trinajstić information content (AvgIpc) is 2.16. The van der Waals surface area contributed by atoms with Gasteiger partial charge in [0.05, 0.1) is 0 Å². The fourth-order valence-electron chi connectivity index (χ4n) is 1.69. The molecule has 0 saturated carbocycles. The lowest BCUT2D eigenvalue weighted by molar-refractivity contribution is -0.145. The second-order valence-electron chi connectivity index (χ2n) is 3.59. The molecule has 1 heterocycles. The van der Waals surface area contributed by atoms with Crippen LogP contribution >= 0.6 is 0 Å². The molecule has 0 bridgehead atoms. The second kappa shape index (κ2) is 3.33. The van der Waals surface area contributed by atoms with Crippen molar-refractivity contribution in [3.8, 4) is 5.75 Å². The van der Waals surface area contributed by atoms with Gasteiger partial charge in [-0.2, -0.15) is 0 Å². The fourth-order valence-corrected chi connectivity index (χ4v) is 1.69. The van der Waals surface area contributed by atoms with Crippen LogP contribution in [0, 0.1) is 6.92 Å². The summed E-state index contributed by atoms with van der Waals surface area (Å²) in [5.74, 6) is -0.162. The number of ether oxygens (including phenoxy) is 1. The number of aliphatic carboxylic acids is 1. The smallest absolute Gasteiger partial charge is 0.344 e. The van der Waals surface area contributed by atoms with Crippen molar-refractivity contribution in [3.05, 3.63) is 29.3 Å². The van der Waals surface area contributed by atoms with Crippen molar-refractivity contribution in [1.82, 2.24) is 0 Å². The summed E-state index contributed by atoms with van der Waals surface area (Å²) in [6, 6.07) is 5.83. The van der Waals surface area contributed by atoms with Crippen LogP contribution in [0.3, 0.4) is 0 Å². The standard InChI is InChI=1S/C11H12O3/c1-7-2-4-9-8(6-7)3-5-10(14-9)11(12)13/h2,4,6,10H,3,5H2,1H3,(H,12,13). The summed E-state index contributed by atoms with van der Waals surface area (Å²) >= 11 is 0. The lowest BCUT2D eigenvalue weighted by Gasteiger charge is -2.23. The highest BCUT2D eigenvalue weighted by molar-refractivity contribution is 5.73. The van der Waals surface area contributed by atoms with E-state index >= 15 is 0 Å². The molecule has 1 aliphatic heterocycles. The number of carboxylic acids is 1. The summed E-state index contributed by atoms with van der Waals surface area (Å²) in [5.41, 5.74) is 2.30. The van der Waals surface area contributed by atoms with Crippen molar-refractivity contribution in [1.29, 1.82) is 0 Å². The van der Waals surface area contributed by atoms with Crippen molar-refractivity contribution in [3.63, 3.8) is 0 Å². The molecular weight excluding hydrogens is 180 g/mol. The van der Waals surface area contributed by atoms with E-state index in [2.05, 4.69) is 0 Å². The van der Waals surface area contributed by atoms with Gasteiger partial charge in [0.25, 0.3) is 0 Å². The Labute approximate surface area is 82.3 Å². The quantitative estimate of drug-likeness (QED) is 0.737. The maximum absolute atomic E-state index is 10.7. The largest absolute Gasteiger partial charge is 0.479 e. The Hall–Kier alpha value is -1.51. The highest BCUT2D eigenvalue weighted by Crippen LogP contribution is 2.28. The molecule has 3 heteroatoms. The van der Waals surface area contributed by atoms with E-state index < -0.39 is 12.1 Å². The highest BCUT2D eigenvalue weighted by atomic mass is 16.5. The molecule has 0 radical (unpaired) electrons. The number of aryl methyl sites for hydroxylation is 2. The first-order valence-corrected chi connectivity index (χ1v) is 4.66. The van der Waals surface area contributed by atoms with Crippen LogP contribution in [-0.4, -0.2) is 17.2 Å². The van der Waals surface area contributed by atoms with Gasteiger partial charge in [0.1, 0.15) is 5.75 Å². The monoisotopic (exact) mass is 192 g/mol. The zero-order chi connectivity index (χ0) is 10.1. The van der Waals surface area contributed by atoms with E-state index in [9.17, 15) is 4.79 Å². The molecule has 14 heavy (non-hydrogen) atoms. The molecule has 0 spiro atoms. The van der Waals surface area contributed by atoms with E-state index in [0.29, 0.717) is 12.2 Å². The molecule has 2 rings (SSSR count). The third kappa shape index (κ3) is 1.58. The van der Waals surface area contributed by atoms with Crippen LogP contribution in [-0.2, 0) is 11.2 Å². The van der Waals surface area contributed by atoms with E-state index in [4.69, 9.17) is 9.84 Å². The molecule has 3 nitrogen and oxygen atoms in total. The summed E-state index contributed by atoms with van der Waals surface area (Å²) in [6.45, 7) is 2.02. The van der Waals surface area contributed by atoms with Crippen LogP contribution in [0.2, 0.25) is 0 Å². The summed E-state index contributed by atoms with van der Waals surface area (Å²) in [5, 5.41) is 8.79. The first-order chi connectivity index (χ1) is 6.66. The van der Waals surface area contributed by atoms with Gasteiger partial charge in [-0.25, -0.2) is 4.79 Å². The van der Waals surface area contributed by atoms with Gasteiger partial charge >= 0.3 is 5.97 Å². The maximum Gasteiger partial charge on any atom is 0.344 e. The number of carboxylic acid groups (broad SMARTS) is 1. The summed E-state index contributed by atoms with van der Waals surface area (Å²) in [6.07, 6.45) is 0.671. The Morgan fingerprint density at radius 2 is 2.36 bits per heavy atom. The van der Waals surface area contributed by atoms with Crippen LogP contribution in [0.1, 0.15) is 17.5 Å². The third-order valence-electron chi connectivity index (χ3n) is 2.44. The first-order valence-electron chi connectivity index (χ1n) is 4.66. The Bertz CT molecular complexity index is 371. The Kier molecular flexibility index (Phi) is 2.15. The highest BCUT2D eigenvalue weighted by Gasteiger charge is 2.25. The van der Waals surface area contributed by atoms with Gasteiger partial charge in [-0.05, 0) is 31.4 Å². The Morgan fingerprint density at radius 3 is 3.07 bits per heavy atom. The van der Waals surface area contributed by atoms with Gasteiger partial charge in [0.15, 0.2) is 6.10 Å². The minimum absolute atomic E-state index is 0.561. The molecule has 0 amide bonds. The fraction of sp³-hybridized carbons (Fsp3) is 0.364. The number of fused-ring (bicyclic) bond motifs is 1. The van der Waals surface area contributed by atoms with E-state index in [1.54, 1.807) is 0 Å². The van der Waals surface area contributed by atoms with Crippen LogP contribution < -0.4 is 4.74 Å². The molecule has 0 aliphatic carbocycles. The SMILES string of the molecule is Cc1ccc2c(c1)CCC(C(=O)O)O2. The Morgan fingerprint density at radius 1 is 1.57 bits per heavy atom. The molecule has 1 aliphatic rings. The predicted molar refractivity (Wildman–Crippen MR) is 51.6 cm³/mol.